The van der Waals surface area contributed by atoms with E-state index in [4.69, 9.17) is 0 Å². The minimum Gasteiger partial charge on any atom is -0.320 e. The Hall–Kier alpha value is -2.40. The van der Waals surface area contributed by atoms with Crippen LogP contribution in [0.3, 0.4) is 0 Å². The van der Waals surface area contributed by atoms with E-state index in [-0.39, 0.29) is 5.91 Å². The van der Waals surface area contributed by atoms with Crippen molar-refractivity contribution in [1.29, 1.82) is 0 Å². The number of halogens is 1. The van der Waals surface area contributed by atoms with E-state index in [0.717, 1.165) is 21.5 Å². The van der Waals surface area contributed by atoms with Crippen molar-refractivity contribution in [2.75, 3.05) is 5.32 Å². The Kier molecular flexibility index (Phi) is 4.06. The van der Waals surface area contributed by atoms with Gasteiger partial charge in [0.2, 0.25) is 0 Å². The van der Waals surface area contributed by atoms with Gasteiger partial charge in [-0.1, -0.05) is 30.3 Å². The summed E-state index contributed by atoms with van der Waals surface area (Å²) in [7, 11) is 0. The van der Waals surface area contributed by atoms with E-state index in [1.165, 1.54) is 0 Å². The van der Waals surface area contributed by atoms with Crippen molar-refractivity contribution >= 4 is 27.5 Å². The Morgan fingerprint density at radius 1 is 1.09 bits per heavy atom. The average molecular weight is 356 g/mol. The summed E-state index contributed by atoms with van der Waals surface area (Å²) in [6, 6.07) is 19.0. The highest BCUT2D eigenvalue weighted by Gasteiger charge is 2.14. The topological polar surface area (TPSA) is 46.9 Å². The van der Waals surface area contributed by atoms with Gasteiger partial charge in [0.15, 0.2) is 5.69 Å². The molecule has 0 spiro atoms. The fourth-order valence-corrected chi connectivity index (χ4v) is 2.55. The third kappa shape index (κ3) is 2.94. The molecule has 0 aliphatic heterocycles. The molecule has 1 aromatic heterocycles. The number of benzene rings is 2. The van der Waals surface area contributed by atoms with E-state index in [1.807, 2.05) is 61.5 Å². The van der Waals surface area contributed by atoms with Gasteiger partial charge in [-0.05, 0) is 53.2 Å². The zero-order valence-electron chi connectivity index (χ0n) is 12.0. The van der Waals surface area contributed by atoms with Crippen molar-refractivity contribution in [3.8, 4) is 5.69 Å². The van der Waals surface area contributed by atoms with Crippen LogP contribution in [0.5, 0.6) is 0 Å². The summed E-state index contributed by atoms with van der Waals surface area (Å²) in [5.41, 5.74) is 2.94. The number of aryl methyl sites for hydroxylation is 1. The molecular formula is C17H14BrN3O. The molecular weight excluding hydrogens is 342 g/mol. The van der Waals surface area contributed by atoms with Gasteiger partial charge >= 0.3 is 0 Å². The van der Waals surface area contributed by atoms with Crippen LogP contribution in [0.2, 0.25) is 0 Å². The minimum atomic E-state index is -0.232. The maximum absolute atomic E-state index is 12.4. The summed E-state index contributed by atoms with van der Waals surface area (Å²) in [6.45, 7) is 1.93. The number of carbonyl (C=O) groups is 1. The molecule has 0 saturated carbocycles. The lowest BCUT2D eigenvalue weighted by molar-refractivity contribution is 0.102. The van der Waals surface area contributed by atoms with Crippen LogP contribution in [0.1, 0.15) is 16.2 Å². The van der Waals surface area contributed by atoms with Crippen molar-refractivity contribution in [2.24, 2.45) is 0 Å². The van der Waals surface area contributed by atoms with E-state index in [1.54, 1.807) is 10.7 Å². The largest absolute Gasteiger partial charge is 0.320 e. The summed E-state index contributed by atoms with van der Waals surface area (Å²) in [5, 5.41) is 7.25. The summed E-state index contributed by atoms with van der Waals surface area (Å²) < 4.78 is 2.59. The standard InChI is InChI=1S/C17H14BrN3O/c1-12-11-16(20-21(12)13-7-3-2-4-8-13)17(22)19-15-10-6-5-9-14(15)18/h2-11H,1H3,(H,19,22). The van der Waals surface area contributed by atoms with E-state index >= 15 is 0 Å². The Morgan fingerprint density at radius 2 is 1.77 bits per heavy atom. The number of hydrogen-bond donors (Lipinski definition) is 1. The third-order valence-electron chi connectivity index (χ3n) is 3.24. The number of para-hydroxylation sites is 2. The van der Waals surface area contributed by atoms with Gasteiger partial charge in [-0.2, -0.15) is 5.10 Å². The molecule has 0 fully saturated rings. The van der Waals surface area contributed by atoms with Gasteiger partial charge in [-0.3, -0.25) is 4.79 Å². The summed E-state index contributed by atoms with van der Waals surface area (Å²) >= 11 is 3.41. The second-order valence-electron chi connectivity index (χ2n) is 4.85. The van der Waals surface area contributed by atoms with Crippen molar-refractivity contribution in [3.05, 3.63) is 76.5 Å². The van der Waals surface area contributed by atoms with Crippen LogP contribution >= 0.6 is 15.9 Å². The smallest absolute Gasteiger partial charge is 0.276 e. The van der Waals surface area contributed by atoms with Gasteiger partial charge in [0.25, 0.3) is 5.91 Å². The van der Waals surface area contributed by atoms with Crippen LogP contribution in [0.4, 0.5) is 5.69 Å². The van der Waals surface area contributed by atoms with Gasteiger partial charge in [0, 0.05) is 10.2 Å². The molecule has 0 atom stereocenters. The van der Waals surface area contributed by atoms with E-state index in [9.17, 15) is 4.79 Å². The zero-order chi connectivity index (χ0) is 15.5. The van der Waals surface area contributed by atoms with E-state index in [2.05, 4.69) is 26.3 Å². The lowest BCUT2D eigenvalue weighted by Crippen LogP contribution is -2.13. The van der Waals surface area contributed by atoms with Crippen molar-refractivity contribution in [1.82, 2.24) is 9.78 Å². The van der Waals surface area contributed by atoms with Crippen molar-refractivity contribution < 1.29 is 4.79 Å². The number of nitrogens with one attached hydrogen (secondary N) is 1. The van der Waals surface area contributed by atoms with Crippen molar-refractivity contribution in [3.63, 3.8) is 0 Å². The first-order valence-corrected chi connectivity index (χ1v) is 7.62. The number of carbonyl (C=O) groups excluding carboxylic acids is 1. The molecule has 3 aromatic rings. The molecule has 1 amide bonds. The number of anilines is 1. The maximum atomic E-state index is 12.4. The quantitative estimate of drug-likeness (QED) is 0.765. The maximum Gasteiger partial charge on any atom is 0.276 e. The molecule has 2 aromatic carbocycles. The van der Waals surface area contributed by atoms with Crippen LogP contribution in [0, 0.1) is 6.92 Å². The highest BCUT2D eigenvalue weighted by molar-refractivity contribution is 9.10. The zero-order valence-corrected chi connectivity index (χ0v) is 13.5. The predicted molar refractivity (Wildman–Crippen MR) is 90.4 cm³/mol. The predicted octanol–water partition coefficient (Wildman–Crippen LogP) is 4.20. The molecule has 0 saturated heterocycles. The van der Waals surface area contributed by atoms with Gasteiger partial charge < -0.3 is 5.32 Å². The number of amides is 1. The Labute approximate surface area is 136 Å². The molecule has 5 heteroatoms. The molecule has 0 aliphatic carbocycles. The third-order valence-corrected chi connectivity index (χ3v) is 3.93. The summed E-state index contributed by atoms with van der Waals surface area (Å²) in [6.07, 6.45) is 0. The first-order valence-electron chi connectivity index (χ1n) is 6.83. The monoisotopic (exact) mass is 355 g/mol. The Bertz CT molecular complexity index is 812. The Balaban J connectivity index is 1.87. The van der Waals surface area contributed by atoms with Gasteiger partial charge in [0.05, 0.1) is 11.4 Å². The summed E-state index contributed by atoms with van der Waals surface area (Å²) in [4.78, 5) is 12.4. The van der Waals surface area contributed by atoms with Crippen LogP contribution in [-0.4, -0.2) is 15.7 Å². The lowest BCUT2D eigenvalue weighted by Gasteiger charge is -2.05. The SMILES string of the molecule is Cc1cc(C(=O)Nc2ccccc2Br)nn1-c1ccccc1. The molecule has 1 N–H and O–H groups in total. The molecule has 3 rings (SSSR count). The molecule has 0 bridgehead atoms. The van der Waals surface area contributed by atoms with Gasteiger partial charge in [-0.15, -0.1) is 0 Å². The molecule has 0 unspecified atom stereocenters. The Morgan fingerprint density at radius 3 is 2.50 bits per heavy atom. The number of nitrogens with zero attached hydrogens (tertiary/aromatic N) is 2. The van der Waals surface area contributed by atoms with Crippen molar-refractivity contribution in [2.45, 2.75) is 6.92 Å². The van der Waals surface area contributed by atoms with Gasteiger partial charge in [0.1, 0.15) is 0 Å². The average Bonchev–Trinajstić information content (AvgIpc) is 2.92. The highest BCUT2D eigenvalue weighted by atomic mass is 79.9. The molecule has 0 radical (unpaired) electrons. The van der Waals surface area contributed by atoms with E-state index < -0.39 is 0 Å². The normalized spacial score (nSPS) is 10.5. The highest BCUT2D eigenvalue weighted by Crippen LogP contribution is 2.22. The van der Waals surface area contributed by atoms with Crippen LogP contribution in [0.25, 0.3) is 5.69 Å². The van der Waals surface area contributed by atoms with Crippen LogP contribution < -0.4 is 5.32 Å². The van der Waals surface area contributed by atoms with Gasteiger partial charge in [-0.25, -0.2) is 4.68 Å². The second kappa shape index (κ2) is 6.15. The molecule has 1 heterocycles. The molecule has 4 nitrogen and oxygen atoms in total. The minimum absolute atomic E-state index is 0.232. The van der Waals surface area contributed by atoms with E-state index in [0.29, 0.717) is 5.69 Å². The number of aromatic nitrogens is 2. The number of rotatable bonds is 3. The summed E-state index contributed by atoms with van der Waals surface area (Å²) in [5.74, 6) is -0.232. The molecule has 110 valence electrons. The second-order valence-corrected chi connectivity index (χ2v) is 5.71. The first kappa shape index (κ1) is 14.5. The molecule has 0 aliphatic rings. The lowest BCUT2D eigenvalue weighted by atomic mass is 10.3. The van der Waals surface area contributed by atoms with Crippen LogP contribution in [0.15, 0.2) is 65.1 Å². The first-order chi connectivity index (χ1) is 10.6. The molecule has 22 heavy (non-hydrogen) atoms. The number of hydrogen-bond acceptors (Lipinski definition) is 2. The van der Waals surface area contributed by atoms with Crippen LogP contribution in [-0.2, 0) is 0 Å². The fourth-order valence-electron chi connectivity index (χ4n) is 2.16. The fraction of sp³-hybridized carbons (Fsp3) is 0.0588.